The molecule has 0 saturated carbocycles. The second-order valence-corrected chi connectivity index (χ2v) is 2.99. The average molecular weight is 176 g/mol. The molecule has 68 valence electrons. The summed E-state index contributed by atoms with van der Waals surface area (Å²) < 4.78 is 0. The lowest BCUT2D eigenvalue weighted by atomic mass is 9.95. The Labute approximate surface area is 77.6 Å². The summed E-state index contributed by atoms with van der Waals surface area (Å²) in [5.41, 5.74) is 1.32. The van der Waals surface area contributed by atoms with Crippen LogP contribution in [-0.2, 0) is 9.59 Å². The Morgan fingerprint density at radius 1 is 1.54 bits per heavy atom. The van der Waals surface area contributed by atoms with Crippen molar-refractivity contribution in [1.29, 1.82) is 0 Å². The molecule has 0 heterocycles. The summed E-state index contributed by atoms with van der Waals surface area (Å²) in [5, 5.41) is 0. The Hall–Kier alpha value is -1.44. The van der Waals surface area contributed by atoms with E-state index in [1.54, 1.807) is 6.08 Å². The predicted molar refractivity (Wildman–Crippen MR) is 51.3 cm³/mol. The Balaban J connectivity index is 2.90. The van der Waals surface area contributed by atoms with Crippen LogP contribution in [0.1, 0.15) is 19.8 Å². The van der Waals surface area contributed by atoms with Gasteiger partial charge in [0.05, 0.1) is 0 Å². The maximum atomic E-state index is 11.2. The molecule has 0 aromatic carbocycles. The highest BCUT2D eigenvalue weighted by molar-refractivity contribution is 6.06. The molecular formula is C11H12O2. The standard InChI is InChI=1S/C11H12O2/c1-3-11(13)10-6-4-5-9(7-10)8(2)12/h3,5,7H,1,4,6H2,2H3. The van der Waals surface area contributed by atoms with Crippen molar-refractivity contribution in [2.45, 2.75) is 19.8 Å². The summed E-state index contributed by atoms with van der Waals surface area (Å²) in [6, 6.07) is 0. The second kappa shape index (κ2) is 3.99. The van der Waals surface area contributed by atoms with Gasteiger partial charge in [0.15, 0.2) is 11.6 Å². The molecule has 0 fully saturated rings. The molecule has 0 saturated heterocycles. The lowest BCUT2D eigenvalue weighted by Crippen LogP contribution is -2.05. The van der Waals surface area contributed by atoms with Crippen molar-refractivity contribution < 1.29 is 9.59 Å². The molecule has 0 unspecified atom stereocenters. The number of allylic oxidation sites excluding steroid dienone is 5. The van der Waals surface area contributed by atoms with Crippen molar-refractivity contribution in [2.75, 3.05) is 0 Å². The van der Waals surface area contributed by atoms with Gasteiger partial charge in [0.25, 0.3) is 0 Å². The van der Waals surface area contributed by atoms with E-state index in [1.165, 1.54) is 13.0 Å². The molecule has 0 radical (unpaired) electrons. The van der Waals surface area contributed by atoms with Crippen LogP contribution in [0.2, 0.25) is 0 Å². The molecule has 0 spiro atoms. The van der Waals surface area contributed by atoms with Crippen molar-refractivity contribution in [2.24, 2.45) is 0 Å². The Morgan fingerprint density at radius 3 is 2.77 bits per heavy atom. The van der Waals surface area contributed by atoms with Gasteiger partial charge in [0.1, 0.15) is 0 Å². The van der Waals surface area contributed by atoms with Gasteiger partial charge < -0.3 is 0 Å². The highest BCUT2D eigenvalue weighted by atomic mass is 16.1. The molecule has 2 nitrogen and oxygen atoms in total. The predicted octanol–water partition coefficient (Wildman–Crippen LogP) is 1.98. The van der Waals surface area contributed by atoms with Crippen molar-refractivity contribution in [3.63, 3.8) is 0 Å². The van der Waals surface area contributed by atoms with E-state index in [-0.39, 0.29) is 11.6 Å². The highest BCUT2D eigenvalue weighted by Crippen LogP contribution is 2.18. The van der Waals surface area contributed by atoms with Crippen molar-refractivity contribution in [3.8, 4) is 0 Å². The summed E-state index contributed by atoms with van der Waals surface area (Å²) in [7, 11) is 0. The summed E-state index contributed by atoms with van der Waals surface area (Å²) in [4.78, 5) is 22.2. The fourth-order valence-corrected chi connectivity index (χ4v) is 1.27. The van der Waals surface area contributed by atoms with Crippen LogP contribution in [-0.4, -0.2) is 11.6 Å². The van der Waals surface area contributed by atoms with Crippen LogP contribution in [0.3, 0.4) is 0 Å². The molecule has 0 N–H and O–H groups in total. The average Bonchev–Trinajstić information content (AvgIpc) is 2.17. The largest absolute Gasteiger partial charge is 0.295 e. The van der Waals surface area contributed by atoms with Gasteiger partial charge in [-0.25, -0.2) is 0 Å². The van der Waals surface area contributed by atoms with E-state index in [4.69, 9.17) is 0 Å². The van der Waals surface area contributed by atoms with E-state index in [0.717, 1.165) is 6.42 Å². The minimum Gasteiger partial charge on any atom is -0.295 e. The molecule has 1 rings (SSSR count). The minimum absolute atomic E-state index is 0.00839. The molecular weight excluding hydrogens is 164 g/mol. The third-order valence-electron chi connectivity index (χ3n) is 2.02. The van der Waals surface area contributed by atoms with E-state index in [0.29, 0.717) is 17.6 Å². The maximum Gasteiger partial charge on any atom is 0.181 e. The fraction of sp³-hybridized carbons (Fsp3) is 0.273. The van der Waals surface area contributed by atoms with Gasteiger partial charge >= 0.3 is 0 Å². The molecule has 0 aliphatic heterocycles. The molecule has 1 aliphatic rings. The number of carbonyl (C=O) groups is 2. The summed E-state index contributed by atoms with van der Waals surface area (Å²) in [6.07, 6.45) is 6.29. The highest BCUT2D eigenvalue weighted by Gasteiger charge is 2.12. The first-order valence-corrected chi connectivity index (χ1v) is 4.23. The zero-order valence-electron chi connectivity index (χ0n) is 7.67. The molecule has 1 aliphatic carbocycles. The Kier molecular flexibility index (Phi) is 2.96. The number of rotatable bonds is 3. The van der Waals surface area contributed by atoms with Crippen molar-refractivity contribution in [3.05, 3.63) is 36.0 Å². The number of hydrogen-bond donors (Lipinski definition) is 0. The topological polar surface area (TPSA) is 34.1 Å². The summed E-state index contributed by atoms with van der Waals surface area (Å²) in [5.74, 6) is -0.0686. The third-order valence-corrected chi connectivity index (χ3v) is 2.02. The first kappa shape index (κ1) is 9.65. The Bertz CT molecular complexity index is 319. The Morgan fingerprint density at radius 2 is 2.23 bits per heavy atom. The van der Waals surface area contributed by atoms with Gasteiger partial charge in [-0.15, -0.1) is 0 Å². The van der Waals surface area contributed by atoms with E-state index >= 15 is 0 Å². The number of ketones is 2. The molecule has 0 atom stereocenters. The molecule has 0 bridgehead atoms. The third kappa shape index (κ3) is 2.25. The van der Waals surface area contributed by atoms with Crippen molar-refractivity contribution >= 4 is 11.6 Å². The van der Waals surface area contributed by atoms with Crippen LogP contribution in [0.15, 0.2) is 36.0 Å². The van der Waals surface area contributed by atoms with Gasteiger partial charge in [0.2, 0.25) is 0 Å². The van der Waals surface area contributed by atoms with Gasteiger partial charge in [-0.3, -0.25) is 9.59 Å². The SMILES string of the molecule is C=CC(=O)C1=CC(C(C)=O)=CCC1. The van der Waals surface area contributed by atoms with E-state index in [9.17, 15) is 9.59 Å². The maximum absolute atomic E-state index is 11.2. The van der Waals surface area contributed by atoms with Gasteiger partial charge in [-0.05, 0) is 31.9 Å². The van der Waals surface area contributed by atoms with Crippen LogP contribution in [0.5, 0.6) is 0 Å². The molecule has 13 heavy (non-hydrogen) atoms. The minimum atomic E-state index is -0.0770. The lowest BCUT2D eigenvalue weighted by molar-refractivity contribution is -0.113. The molecule has 0 aromatic rings. The van der Waals surface area contributed by atoms with E-state index in [2.05, 4.69) is 6.58 Å². The van der Waals surface area contributed by atoms with Crippen LogP contribution in [0, 0.1) is 0 Å². The smallest absolute Gasteiger partial charge is 0.181 e. The van der Waals surface area contributed by atoms with Crippen LogP contribution in [0.4, 0.5) is 0 Å². The molecule has 2 heteroatoms. The van der Waals surface area contributed by atoms with Gasteiger partial charge in [-0.2, -0.15) is 0 Å². The summed E-state index contributed by atoms with van der Waals surface area (Å²) >= 11 is 0. The zero-order chi connectivity index (χ0) is 9.84. The van der Waals surface area contributed by atoms with E-state index in [1.807, 2.05) is 6.08 Å². The van der Waals surface area contributed by atoms with Crippen LogP contribution < -0.4 is 0 Å². The number of hydrogen-bond acceptors (Lipinski definition) is 2. The van der Waals surface area contributed by atoms with Crippen molar-refractivity contribution in [1.82, 2.24) is 0 Å². The quantitative estimate of drug-likeness (QED) is 0.616. The zero-order valence-corrected chi connectivity index (χ0v) is 7.67. The van der Waals surface area contributed by atoms with Gasteiger partial charge in [-0.1, -0.05) is 12.7 Å². The fourth-order valence-electron chi connectivity index (χ4n) is 1.27. The van der Waals surface area contributed by atoms with Gasteiger partial charge in [0, 0.05) is 11.1 Å². The first-order valence-electron chi connectivity index (χ1n) is 4.23. The monoisotopic (exact) mass is 176 g/mol. The van der Waals surface area contributed by atoms with E-state index < -0.39 is 0 Å². The van der Waals surface area contributed by atoms with Crippen LogP contribution in [0.25, 0.3) is 0 Å². The lowest BCUT2D eigenvalue weighted by Gasteiger charge is -2.08. The first-order chi connectivity index (χ1) is 6.15. The second-order valence-electron chi connectivity index (χ2n) is 2.99. The normalized spacial score (nSPS) is 15.8. The number of carbonyl (C=O) groups excluding carboxylic acids is 2. The summed E-state index contributed by atoms with van der Waals surface area (Å²) in [6.45, 7) is 4.91. The van der Waals surface area contributed by atoms with Crippen LogP contribution >= 0.6 is 0 Å². The molecule has 0 amide bonds. The number of Topliss-reactive ketones (excluding diaryl/α,β-unsaturated/α-hetero) is 1. The molecule has 0 aromatic heterocycles.